The Balaban J connectivity index is 0.961. The molecule has 6 heteroatoms. The normalized spacial score (nSPS) is 49.3. The first-order valence-electron chi connectivity index (χ1n) is 27.6. The highest BCUT2D eigenvalue weighted by Crippen LogP contribution is 2.58. The zero-order valence-corrected chi connectivity index (χ0v) is 40.5. The molecule has 8 aliphatic carbocycles. The van der Waals surface area contributed by atoms with Crippen molar-refractivity contribution in [2.45, 2.75) is 221 Å². The fourth-order valence-corrected chi connectivity index (χ4v) is 19.9. The van der Waals surface area contributed by atoms with E-state index in [4.69, 9.17) is 0 Å². The number of thioether (sulfide) groups is 1. The number of rotatable bonds is 6. The summed E-state index contributed by atoms with van der Waals surface area (Å²) in [5.74, 6) is 6.29. The highest BCUT2D eigenvalue weighted by molar-refractivity contribution is 8.01. The Bertz CT molecular complexity index is 1840. The molecule has 5 nitrogen and oxygen atoms in total. The van der Waals surface area contributed by atoms with Crippen molar-refractivity contribution in [2.75, 3.05) is 0 Å². The molecular weight excluding hydrogens is 787 g/mol. The fourth-order valence-electron chi connectivity index (χ4n) is 18.0. The molecule has 0 bridgehead atoms. The summed E-state index contributed by atoms with van der Waals surface area (Å²) >= 11 is 2.38. The van der Waals surface area contributed by atoms with Gasteiger partial charge in [-0.25, -0.2) is 0 Å². The van der Waals surface area contributed by atoms with E-state index in [0.717, 1.165) is 40.2 Å². The summed E-state index contributed by atoms with van der Waals surface area (Å²) < 4.78 is 0. The van der Waals surface area contributed by atoms with Gasteiger partial charge in [-0.3, -0.25) is 15.5 Å². The van der Waals surface area contributed by atoms with Gasteiger partial charge in [0.25, 0.3) is 0 Å². The Morgan fingerprint density at radius 3 is 2.40 bits per heavy atom. The Morgan fingerprint density at radius 2 is 1.51 bits per heavy atom. The van der Waals surface area contributed by atoms with Crippen LogP contribution >= 0.6 is 11.8 Å². The SMILES string of the molecule is CC=CC1CC(C2NC(C3CCC4SC5CCCC=C5C4C3)NC(C3C=CCCC3)[NH2+]2)C(N2C3CCC=CC3C(C)(C)C3CCCCC32)=CC1N1C2C=CCCC2C2CCCCC21. The van der Waals surface area contributed by atoms with Crippen LogP contribution in [0.25, 0.3) is 0 Å². The van der Waals surface area contributed by atoms with E-state index in [1.54, 1.807) is 5.70 Å². The third-order valence-electron chi connectivity index (χ3n) is 20.7. The molecule has 0 radical (unpaired) electrons. The van der Waals surface area contributed by atoms with E-state index < -0.39 is 0 Å². The minimum atomic E-state index is 0.345. The molecule has 4 aliphatic heterocycles. The van der Waals surface area contributed by atoms with Crippen LogP contribution < -0.4 is 16.0 Å². The summed E-state index contributed by atoms with van der Waals surface area (Å²) in [5, 5.41) is 13.6. The second-order valence-corrected chi connectivity index (χ2v) is 25.5. The first kappa shape index (κ1) is 42.8. The van der Waals surface area contributed by atoms with Gasteiger partial charge in [-0.05, 0) is 169 Å². The van der Waals surface area contributed by atoms with E-state index in [-0.39, 0.29) is 0 Å². The van der Waals surface area contributed by atoms with Crippen molar-refractivity contribution in [3.63, 3.8) is 0 Å². The smallest absolute Gasteiger partial charge is 0.150 e. The topological polar surface area (TPSA) is 47.2 Å². The molecule has 12 rings (SSSR count). The number of nitrogens with two attached hydrogens (primary N) is 1. The molecule has 3 saturated carbocycles. The Morgan fingerprint density at radius 1 is 0.698 bits per heavy atom. The molecule has 4 heterocycles. The van der Waals surface area contributed by atoms with Crippen LogP contribution in [-0.2, 0) is 0 Å². The molecule has 63 heavy (non-hydrogen) atoms. The van der Waals surface area contributed by atoms with Crippen molar-refractivity contribution in [3.8, 4) is 0 Å². The number of nitrogens with one attached hydrogen (secondary N) is 2. The predicted octanol–water partition coefficient (Wildman–Crippen LogP) is 11.0. The highest BCUT2D eigenvalue weighted by atomic mass is 32.2. The number of nitrogens with zero attached hydrogens (tertiary/aromatic N) is 2. The van der Waals surface area contributed by atoms with Gasteiger partial charge < -0.3 is 10.2 Å². The lowest BCUT2D eigenvalue weighted by molar-refractivity contribution is -0.752. The van der Waals surface area contributed by atoms with Crippen LogP contribution in [0.15, 0.2) is 72.0 Å². The molecule has 0 amide bonds. The Labute approximate surface area is 387 Å². The zero-order valence-electron chi connectivity index (χ0n) is 39.7. The van der Waals surface area contributed by atoms with Gasteiger partial charge in [-0.1, -0.05) is 99.8 Å². The van der Waals surface area contributed by atoms with E-state index in [1.807, 2.05) is 5.57 Å². The third kappa shape index (κ3) is 7.54. The van der Waals surface area contributed by atoms with Crippen molar-refractivity contribution < 1.29 is 5.32 Å². The molecular formula is C57H86N5S+. The predicted molar refractivity (Wildman–Crippen MR) is 263 cm³/mol. The van der Waals surface area contributed by atoms with Crippen LogP contribution in [0.1, 0.15) is 162 Å². The van der Waals surface area contributed by atoms with Gasteiger partial charge in [-0.15, -0.1) is 0 Å². The quantitative estimate of drug-likeness (QED) is 0.232. The van der Waals surface area contributed by atoms with Gasteiger partial charge in [0, 0.05) is 58.2 Å². The molecule has 0 aromatic carbocycles. The summed E-state index contributed by atoms with van der Waals surface area (Å²) in [6.07, 6.45) is 58.1. The van der Waals surface area contributed by atoms with Crippen molar-refractivity contribution in [3.05, 3.63) is 72.0 Å². The van der Waals surface area contributed by atoms with Crippen LogP contribution in [-0.4, -0.2) is 69.0 Å². The maximum atomic E-state index is 4.63. The molecule has 344 valence electrons. The second kappa shape index (κ2) is 17.8. The van der Waals surface area contributed by atoms with E-state index >= 15 is 0 Å². The number of piperidine rings is 1. The van der Waals surface area contributed by atoms with Crippen molar-refractivity contribution >= 4 is 11.8 Å². The first-order valence-corrected chi connectivity index (χ1v) is 28.5. The first-order chi connectivity index (χ1) is 31.0. The van der Waals surface area contributed by atoms with E-state index in [2.05, 4.69) is 119 Å². The van der Waals surface area contributed by atoms with Crippen LogP contribution in [0.4, 0.5) is 0 Å². The van der Waals surface area contributed by atoms with Crippen molar-refractivity contribution in [1.82, 2.24) is 20.4 Å². The van der Waals surface area contributed by atoms with E-state index in [0.29, 0.717) is 77.7 Å². The monoisotopic (exact) mass is 873 g/mol. The lowest BCUT2D eigenvalue weighted by Crippen LogP contribution is -3.07. The van der Waals surface area contributed by atoms with Gasteiger partial charge >= 0.3 is 0 Å². The third-order valence-corrected chi connectivity index (χ3v) is 22.5. The summed E-state index contributed by atoms with van der Waals surface area (Å²) in [6, 6.07) is 3.12. The average molecular weight is 873 g/mol. The molecule has 4 saturated heterocycles. The highest BCUT2D eigenvalue weighted by Gasteiger charge is 2.59. The van der Waals surface area contributed by atoms with Crippen molar-refractivity contribution in [2.24, 2.45) is 58.7 Å². The summed E-state index contributed by atoms with van der Waals surface area (Å²) in [4.78, 5) is 6.48. The molecule has 0 aromatic rings. The minimum Gasteiger partial charge on any atom is -0.368 e. The molecule has 7 fully saturated rings. The molecule has 19 atom stereocenters. The van der Waals surface area contributed by atoms with E-state index in [9.17, 15) is 0 Å². The molecule has 12 aliphatic rings. The largest absolute Gasteiger partial charge is 0.368 e. The number of hydrogen-bond donors (Lipinski definition) is 3. The van der Waals surface area contributed by atoms with Gasteiger partial charge in [0.2, 0.25) is 0 Å². The molecule has 0 spiro atoms. The fraction of sp³-hybridized carbons (Fsp3) is 0.789. The van der Waals surface area contributed by atoms with Crippen LogP contribution in [0, 0.1) is 58.7 Å². The number of fused-ring (bicyclic) bond motifs is 8. The van der Waals surface area contributed by atoms with E-state index in [1.165, 1.54) is 141 Å². The lowest BCUT2D eigenvalue weighted by Gasteiger charge is -2.63. The minimum absolute atomic E-state index is 0.345. The molecule has 0 aromatic heterocycles. The maximum absolute atomic E-state index is 4.63. The summed E-state index contributed by atoms with van der Waals surface area (Å²) in [7, 11) is 0. The maximum Gasteiger partial charge on any atom is 0.150 e. The number of hydrogen-bond acceptors (Lipinski definition) is 5. The Kier molecular flexibility index (Phi) is 12.1. The molecule has 19 unspecified atom stereocenters. The molecule has 4 N–H and O–H groups in total. The average Bonchev–Trinajstić information content (AvgIpc) is 3.88. The number of likely N-dealkylation sites (tertiary alicyclic amines) is 2. The van der Waals surface area contributed by atoms with Crippen LogP contribution in [0.2, 0.25) is 0 Å². The second-order valence-electron chi connectivity index (χ2n) is 24.1. The summed E-state index contributed by atoms with van der Waals surface area (Å²) in [5.41, 5.74) is 4.01. The van der Waals surface area contributed by atoms with Gasteiger partial charge in [-0.2, -0.15) is 11.8 Å². The zero-order chi connectivity index (χ0) is 42.2. The Hall–Kier alpha value is -1.57. The van der Waals surface area contributed by atoms with Gasteiger partial charge in [0.1, 0.15) is 6.17 Å². The van der Waals surface area contributed by atoms with Gasteiger partial charge in [0.05, 0.1) is 12.1 Å². The van der Waals surface area contributed by atoms with Gasteiger partial charge in [0.15, 0.2) is 6.17 Å². The number of allylic oxidation sites excluding steroid dienone is 5. The van der Waals surface area contributed by atoms with Crippen molar-refractivity contribution in [1.29, 1.82) is 0 Å². The summed E-state index contributed by atoms with van der Waals surface area (Å²) in [6.45, 7) is 7.72. The standard InChI is InChI=1S/C57H85N5S/c1-4-18-37-33-43(56-59-54(36-19-6-5-7-20-36)58-55(60-56)38-31-32-53-42(34-38)41-23-10-17-30-52(41)63-53)51(35-50(37)61-46-26-13-8-21-39(46)40-22-9-14-27-47(40)61)62-48-28-15-11-24-44(48)57(2,3)45-25-12-16-29-49(45)62/h4,6,11,13,18-19,23-24,26,35-40,42-50,52-56,58-60H,5,7-10,12,14-17,20-22,25,27-34H2,1-3H3/p+1. The lowest BCUT2D eigenvalue weighted by atomic mass is 9.55. The van der Waals surface area contributed by atoms with Crippen LogP contribution in [0.3, 0.4) is 0 Å². The van der Waals surface area contributed by atoms with Crippen LogP contribution in [0.5, 0.6) is 0 Å². The number of quaternary nitrogens is 1.